The summed E-state index contributed by atoms with van der Waals surface area (Å²) in [6.07, 6.45) is 0. The summed E-state index contributed by atoms with van der Waals surface area (Å²) in [6, 6.07) is 7.00. The minimum Gasteiger partial charge on any atom is -0.383 e. The minimum absolute atomic E-state index is 0.389. The van der Waals surface area contributed by atoms with E-state index in [1.807, 2.05) is 0 Å². The lowest BCUT2D eigenvalue weighted by atomic mass is 10.0. The van der Waals surface area contributed by atoms with Gasteiger partial charge in [0.15, 0.2) is 0 Å². The van der Waals surface area contributed by atoms with E-state index in [4.69, 9.17) is 4.74 Å². The van der Waals surface area contributed by atoms with Crippen molar-refractivity contribution in [1.82, 2.24) is 5.32 Å². The molecule has 1 aromatic carbocycles. The van der Waals surface area contributed by atoms with Crippen LogP contribution in [0.15, 0.2) is 18.2 Å². The number of rotatable bonds is 2. The number of nitrogens with one attached hydrogen (secondary N) is 1. The van der Waals surface area contributed by atoms with Gasteiger partial charge in [0.1, 0.15) is 0 Å². The summed E-state index contributed by atoms with van der Waals surface area (Å²) >= 11 is 0. The average molecular weight is 177 g/mol. The summed E-state index contributed by atoms with van der Waals surface area (Å²) in [5.41, 5.74) is 4.14. The van der Waals surface area contributed by atoms with E-state index in [1.165, 1.54) is 16.7 Å². The van der Waals surface area contributed by atoms with Crippen LogP contribution in [0.2, 0.25) is 0 Å². The minimum atomic E-state index is 0.389. The standard InChI is InChI=1S/C11H15NO/c1-8-3-4-9-6-12-11(7-13-2)10(9)5-8/h3-5,11-12H,6-7H2,1-2H3. The molecule has 1 heterocycles. The zero-order valence-electron chi connectivity index (χ0n) is 8.13. The van der Waals surface area contributed by atoms with Crippen LogP contribution in [-0.2, 0) is 11.3 Å². The number of methoxy groups -OCH3 is 1. The van der Waals surface area contributed by atoms with E-state index < -0.39 is 0 Å². The SMILES string of the molecule is COCC1NCc2ccc(C)cc21. The largest absolute Gasteiger partial charge is 0.383 e. The van der Waals surface area contributed by atoms with Crippen molar-refractivity contribution in [3.05, 3.63) is 34.9 Å². The molecule has 2 rings (SSSR count). The molecule has 0 radical (unpaired) electrons. The van der Waals surface area contributed by atoms with Crippen LogP contribution >= 0.6 is 0 Å². The van der Waals surface area contributed by atoms with Crippen LogP contribution in [0.1, 0.15) is 22.7 Å². The highest BCUT2D eigenvalue weighted by atomic mass is 16.5. The maximum absolute atomic E-state index is 5.16. The van der Waals surface area contributed by atoms with Crippen molar-refractivity contribution >= 4 is 0 Å². The Hall–Kier alpha value is -0.860. The van der Waals surface area contributed by atoms with Crippen LogP contribution in [0.5, 0.6) is 0 Å². The lowest BCUT2D eigenvalue weighted by Gasteiger charge is -2.10. The first-order valence-corrected chi connectivity index (χ1v) is 4.63. The number of ether oxygens (including phenoxy) is 1. The molecule has 1 unspecified atom stereocenters. The molecule has 1 aliphatic heterocycles. The lowest BCUT2D eigenvalue weighted by Crippen LogP contribution is -2.16. The van der Waals surface area contributed by atoms with Crippen LogP contribution in [0.3, 0.4) is 0 Å². The van der Waals surface area contributed by atoms with Crippen LogP contribution in [-0.4, -0.2) is 13.7 Å². The molecule has 0 aromatic heterocycles. The molecule has 0 bridgehead atoms. The highest BCUT2D eigenvalue weighted by molar-refractivity contribution is 5.37. The van der Waals surface area contributed by atoms with Crippen molar-refractivity contribution in [1.29, 1.82) is 0 Å². The second-order valence-electron chi connectivity index (χ2n) is 3.59. The Bertz CT molecular complexity index is 307. The Kier molecular flexibility index (Phi) is 2.34. The van der Waals surface area contributed by atoms with Crippen LogP contribution < -0.4 is 5.32 Å². The van der Waals surface area contributed by atoms with Gasteiger partial charge in [-0.25, -0.2) is 0 Å². The van der Waals surface area contributed by atoms with E-state index in [9.17, 15) is 0 Å². The van der Waals surface area contributed by atoms with Crippen LogP contribution in [0.4, 0.5) is 0 Å². The van der Waals surface area contributed by atoms with Crippen LogP contribution in [0.25, 0.3) is 0 Å². The van der Waals surface area contributed by atoms with Gasteiger partial charge >= 0.3 is 0 Å². The van der Waals surface area contributed by atoms with E-state index in [2.05, 4.69) is 30.4 Å². The Morgan fingerprint density at radius 3 is 3.15 bits per heavy atom. The molecule has 0 spiro atoms. The molecule has 1 aliphatic rings. The van der Waals surface area contributed by atoms with Crippen LogP contribution in [0, 0.1) is 6.92 Å². The van der Waals surface area contributed by atoms with Crippen molar-refractivity contribution in [3.63, 3.8) is 0 Å². The van der Waals surface area contributed by atoms with Crippen molar-refractivity contribution in [2.75, 3.05) is 13.7 Å². The molecule has 0 saturated heterocycles. The first-order valence-electron chi connectivity index (χ1n) is 4.63. The lowest BCUT2D eigenvalue weighted by molar-refractivity contribution is 0.171. The first kappa shape index (κ1) is 8.73. The van der Waals surface area contributed by atoms with Gasteiger partial charge in [0.25, 0.3) is 0 Å². The maximum atomic E-state index is 5.16. The fourth-order valence-corrected chi connectivity index (χ4v) is 1.86. The first-order chi connectivity index (χ1) is 6.31. The van der Waals surface area contributed by atoms with E-state index in [0.717, 1.165) is 13.2 Å². The number of hydrogen-bond acceptors (Lipinski definition) is 2. The fraction of sp³-hybridized carbons (Fsp3) is 0.455. The molecular formula is C11H15NO. The van der Waals surface area contributed by atoms with Gasteiger partial charge in [-0.3, -0.25) is 0 Å². The van der Waals surface area contributed by atoms with Gasteiger partial charge in [-0.05, 0) is 18.1 Å². The second-order valence-corrected chi connectivity index (χ2v) is 3.59. The molecule has 1 atom stereocenters. The van der Waals surface area contributed by atoms with Gasteiger partial charge in [0, 0.05) is 13.7 Å². The molecule has 0 amide bonds. The molecule has 0 saturated carbocycles. The van der Waals surface area contributed by atoms with Gasteiger partial charge in [-0.1, -0.05) is 23.8 Å². The Balaban J connectivity index is 2.29. The fourth-order valence-electron chi connectivity index (χ4n) is 1.86. The third-order valence-electron chi connectivity index (χ3n) is 2.55. The molecule has 13 heavy (non-hydrogen) atoms. The molecule has 2 heteroatoms. The van der Waals surface area contributed by atoms with Crippen molar-refractivity contribution in [2.24, 2.45) is 0 Å². The van der Waals surface area contributed by atoms with Gasteiger partial charge in [-0.2, -0.15) is 0 Å². The predicted molar refractivity (Wildman–Crippen MR) is 52.6 cm³/mol. The van der Waals surface area contributed by atoms with E-state index >= 15 is 0 Å². The molecule has 0 fully saturated rings. The summed E-state index contributed by atoms with van der Waals surface area (Å²) < 4.78 is 5.16. The molecule has 1 N–H and O–H groups in total. The molecular weight excluding hydrogens is 162 g/mol. The summed E-state index contributed by atoms with van der Waals surface area (Å²) in [6.45, 7) is 3.86. The third kappa shape index (κ3) is 1.60. The smallest absolute Gasteiger partial charge is 0.0657 e. The number of benzene rings is 1. The normalized spacial score (nSPS) is 20.3. The average Bonchev–Trinajstić information content (AvgIpc) is 2.49. The molecule has 70 valence electrons. The van der Waals surface area contributed by atoms with Gasteiger partial charge < -0.3 is 10.1 Å². The molecule has 2 nitrogen and oxygen atoms in total. The Morgan fingerprint density at radius 2 is 2.38 bits per heavy atom. The summed E-state index contributed by atoms with van der Waals surface area (Å²) in [7, 11) is 1.75. The molecule has 0 aliphatic carbocycles. The summed E-state index contributed by atoms with van der Waals surface area (Å²) in [4.78, 5) is 0. The third-order valence-corrected chi connectivity index (χ3v) is 2.55. The van der Waals surface area contributed by atoms with Gasteiger partial charge in [0.2, 0.25) is 0 Å². The zero-order chi connectivity index (χ0) is 9.26. The van der Waals surface area contributed by atoms with Crippen molar-refractivity contribution in [2.45, 2.75) is 19.5 Å². The Labute approximate surface area is 78.9 Å². The second kappa shape index (κ2) is 3.48. The van der Waals surface area contributed by atoms with Gasteiger partial charge in [-0.15, -0.1) is 0 Å². The zero-order valence-corrected chi connectivity index (χ0v) is 8.13. The van der Waals surface area contributed by atoms with Crippen molar-refractivity contribution in [3.8, 4) is 0 Å². The quantitative estimate of drug-likeness (QED) is 0.743. The number of fused-ring (bicyclic) bond motifs is 1. The van der Waals surface area contributed by atoms with Gasteiger partial charge in [0.05, 0.1) is 12.6 Å². The molecule has 1 aromatic rings. The van der Waals surface area contributed by atoms with E-state index in [-0.39, 0.29) is 0 Å². The highest BCUT2D eigenvalue weighted by Gasteiger charge is 2.20. The van der Waals surface area contributed by atoms with E-state index in [0.29, 0.717) is 6.04 Å². The summed E-state index contributed by atoms with van der Waals surface area (Å²) in [5, 5.41) is 3.43. The van der Waals surface area contributed by atoms with Crippen molar-refractivity contribution < 1.29 is 4.74 Å². The number of aryl methyl sites for hydroxylation is 1. The number of hydrogen-bond donors (Lipinski definition) is 1. The topological polar surface area (TPSA) is 21.3 Å². The predicted octanol–water partition coefficient (Wildman–Crippen LogP) is 1.79. The monoisotopic (exact) mass is 177 g/mol. The maximum Gasteiger partial charge on any atom is 0.0657 e. The highest BCUT2D eigenvalue weighted by Crippen LogP contribution is 2.25. The Morgan fingerprint density at radius 1 is 1.54 bits per heavy atom. The summed E-state index contributed by atoms with van der Waals surface area (Å²) in [5.74, 6) is 0. The van der Waals surface area contributed by atoms with E-state index in [1.54, 1.807) is 7.11 Å².